The first kappa shape index (κ1) is 13.9. The van der Waals surface area contributed by atoms with E-state index in [1.165, 1.54) is 22.4 Å². The molecule has 0 radical (unpaired) electrons. The van der Waals surface area contributed by atoms with Crippen molar-refractivity contribution in [3.8, 4) is 5.75 Å². The smallest absolute Gasteiger partial charge is 0.122 e. The third kappa shape index (κ3) is 2.99. The summed E-state index contributed by atoms with van der Waals surface area (Å²) in [6.45, 7) is 2.17. The molecule has 21 heavy (non-hydrogen) atoms. The first-order chi connectivity index (χ1) is 10.3. The number of methoxy groups -OCH3 is 1. The van der Waals surface area contributed by atoms with Gasteiger partial charge in [0.1, 0.15) is 5.75 Å². The summed E-state index contributed by atoms with van der Waals surface area (Å²) >= 11 is 0. The van der Waals surface area contributed by atoms with E-state index in [4.69, 9.17) is 9.73 Å². The Balaban J connectivity index is 1.81. The Morgan fingerprint density at radius 1 is 1.00 bits per heavy atom. The molecule has 1 atom stereocenters. The summed E-state index contributed by atoms with van der Waals surface area (Å²) < 4.78 is 5.46. The number of hydrogen-bond donors (Lipinski definition) is 0. The average molecular weight is 279 g/mol. The zero-order valence-electron chi connectivity index (χ0n) is 12.7. The normalized spacial score (nSPS) is 17.3. The minimum absolute atomic E-state index is 0.230. The van der Waals surface area contributed by atoms with Crippen molar-refractivity contribution in [2.45, 2.75) is 32.2 Å². The lowest BCUT2D eigenvalue weighted by Gasteiger charge is -2.21. The minimum atomic E-state index is 0.230. The SMILES string of the molecule is COc1cccc2c1CC/C(=N\[C@H](C)c1ccccc1)C2. The zero-order valence-corrected chi connectivity index (χ0v) is 12.7. The van der Waals surface area contributed by atoms with E-state index in [0.717, 1.165) is 25.0 Å². The minimum Gasteiger partial charge on any atom is -0.496 e. The lowest BCUT2D eigenvalue weighted by molar-refractivity contribution is 0.408. The lowest BCUT2D eigenvalue weighted by atomic mass is 9.89. The molecule has 0 aromatic heterocycles. The molecule has 2 heteroatoms. The van der Waals surface area contributed by atoms with Crippen molar-refractivity contribution < 1.29 is 4.74 Å². The molecule has 2 nitrogen and oxygen atoms in total. The number of benzene rings is 2. The Labute approximate surface area is 126 Å². The van der Waals surface area contributed by atoms with Crippen LogP contribution in [0.15, 0.2) is 53.5 Å². The first-order valence-corrected chi connectivity index (χ1v) is 7.53. The predicted molar refractivity (Wildman–Crippen MR) is 87.3 cm³/mol. The van der Waals surface area contributed by atoms with Gasteiger partial charge in [-0.25, -0.2) is 0 Å². The summed E-state index contributed by atoms with van der Waals surface area (Å²) in [5.74, 6) is 1.02. The summed E-state index contributed by atoms with van der Waals surface area (Å²) in [7, 11) is 1.75. The van der Waals surface area contributed by atoms with Gasteiger partial charge >= 0.3 is 0 Å². The molecule has 0 fully saturated rings. The van der Waals surface area contributed by atoms with Gasteiger partial charge in [-0.15, -0.1) is 0 Å². The van der Waals surface area contributed by atoms with E-state index >= 15 is 0 Å². The van der Waals surface area contributed by atoms with Crippen molar-refractivity contribution >= 4 is 5.71 Å². The molecule has 0 spiro atoms. The van der Waals surface area contributed by atoms with Gasteiger partial charge in [0.15, 0.2) is 0 Å². The highest BCUT2D eigenvalue weighted by Crippen LogP contribution is 2.29. The van der Waals surface area contributed by atoms with E-state index in [2.05, 4.69) is 43.3 Å². The molecule has 3 rings (SSSR count). The number of rotatable bonds is 3. The molecule has 0 amide bonds. The fourth-order valence-electron chi connectivity index (χ4n) is 3.02. The second kappa shape index (κ2) is 6.13. The summed E-state index contributed by atoms with van der Waals surface area (Å²) in [6.07, 6.45) is 3.01. The molecule has 1 aliphatic carbocycles. The molecular formula is C19H21NO. The Morgan fingerprint density at radius 3 is 2.57 bits per heavy atom. The van der Waals surface area contributed by atoms with Gasteiger partial charge in [-0.1, -0.05) is 42.5 Å². The third-order valence-electron chi connectivity index (χ3n) is 4.17. The molecule has 2 aromatic rings. The van der Waals surface area contributed by atoms with E-state index in [1.807, 2.05) is 12.1 Å². The molecule has 108 valence electrons. The van der Waals surface area contributed by atoms with Crippen LogP contribution in [0.1, 0.15) is 36.1 Å². The van der Waals surface area contributed by atoms with Gasteiger partial charge in [-0.3, -0.25) is 4.99 Å². The highest BCUT2D eigenvalue weighted by Gasteiger charge is 2.18. The van der Waals surface area contributed by atoms with Gasteiger partial charge in [0, 0.05) is 12.1 Å². The third-order valence-corrected chi connectivity index (χ3v) is 4.17. The van der Waals surface area contributed by atoms with E-state index in [-0.39, 0.29) is 6.04 Å². The van der Waals surface area contributed by atoms with Gasteiger partial charge in [0.05, 0.1) is 13.2 Å². The van der Waals surface area contributed by atoms with Gasteiger partial charge in [0.2, 0.25) is 0 Å². The Kier molecular flexibility index (Phi) is 4.05. The van der Waals surface area contributed by atoms with Gasteiger partial charge < -0.3 is 4.74 Å². The van der Waals surface area contributed by atoms with Gasteiger partial charge in [0.25, 0.3) is 0 Å². The van der Waals surface area contributed by atoms with Crippen LogP contribution in [0, 0.1) is 0 Å². The highest BCUT2D eigenvalue weighted by atomic mass is 16.5. The second-order valence-corrected chi connectivity index (χ2v) is 5.56. The first-order valence-electron chi connectivity index (χ1n) is 7.53. The fraction of sp³-hybridized carbons (Fsp3) is 0.316. The number of hydrogen-bond acceptors (Lipinski definition) is 2. The zero-order chi connectivity index (χ0) is 14.7. The van der Waals surface area contributed by atoms with Crippen LogP contribution in [0.2, 0.25) is 0 Å². The van der Waals surface area contributed by atoms with E-state index in [9.17, 15) is 0 Å². The standard InChI is InChI=1S/C19H21NO/c1-14(15-7-4-3-5-8-15)20-17-11-12-18-16(13-17)9-6-10-19(18)21-2/h3-10,14H,11-13H2,1-2H3/b20-17+/t14-/m1/s1. The van der Waals surface area contributed by atoms with Gasteiger partial charge in [-0.2, -0.15) is 0 Å². The van der Waals surface area contributed by atoms with Crippen LogP contribution in [0.4, 0.5) is 0 Å². The molecule has 0 aliphatic heterocycles. The molecular weight excluding hydrogens is 258 g/mol. The summed E-state index contributed by atoms with van der Waals surface area (Å²) in [4.78, 5) is 4.94. The average Bonchev–Trinajstić information content (AvgIpc) is 2.54. The molecule has 0 heterocycles. The van der Waals surface area contributed by atoms with Crippen LogP contribution in [0.5, 0.6) is 5.75 Å². The number of aliphatic imine (C=N–C) groups is 1. The van der Waals surface area contributed by atoms with Crippen molar-refractivity contribution in [1.82, 2.24) is 0 Å². The number of fused-ring (bicyclic) bond motifs is 1. The van der Waals surface area contributed by atoms with E-state index in [0.29, 0.717) is 0 Å². The molecule has 0 unspecified atom stereocenters. The maximum Gasteiger partial charge on any atom is 0.122 e. The number of ether oxygens (including phenoxy) is 1. The molecule has 1 aliphatic rings. The van der Waals surface area contributed by atoms with Crippen molar-refractivity contribution in [2.24, 2.45) is 4.99 Å². The topological polar surface area (TPSA) is 21.6 Å². The maximum absolute atomic E-state index is 5.46. The number of nitrogens with zero attached hydrogens (tertiary/aromatic N) is 1. The van der Waals surface area contributed by atoms with Gasteiger partial charge in [-0.05, 0) is 42.5 Å². The van der Waals surface area contributed by atoms with Crippen LogP contribution in [-0.4, -0.2) is 12.8 Å². The molecule has 0 bridgehead atoms. The van der Waals surface area contributed by atoms with Crippen LogP contribution < -0.4 is 4.74 Å². The van der Waals surface area contributed by atoms with Crippen LogP contribution in [0.3, 0.4) is 0 Å². The van der Waals surface area contributed by atoms with E-state index in [1.54, 1.807) is 7.11 Å². The monoisotopic (exact) mass is 279 g/mol. The summed E-state index contributed by atoms with van der Waals surface area (Å²) in [5.41, 5.74) is 5.29. The Hall–Kier alpha value is -2.09. The quantitative estimate of drug-likeness (QED) is 0.816. The van der Waals surface area contributed by atoms with Crippen LogP contribution in [0.25, 0.3) is 0 Å². The van der Waals surface area contributed by atoms with Crippen molar-refractivity contribution in [3.63, 3.8) is 0 Å². The molecule has 0 saturated heterocycles. The van der Waals surface area contributed by atoms with Crippen molar-refractivity contribution in [1.29, 1.82) is 0 Å². The van der Waals surface area contributed by atoms with Crippen molar-refractivity contribution in [2.75, 3.05) is 7.11 Å². The van der Waals surface area contributed by atoms with Crippen molar-refractivity contribution in [3.05, 3.63) is 65.2 Å². The Morgan fingerprint density at radius 2 is 1.81 bits per heavy atom. The molecule has 0 N–H and O–H groups in total. The predicted octanol–water partition coefficient (Wildman–Crippen LogP) is 4.39. The highest BCUT2D eigenvalue weighted by molar-refractivity contribution is 5.89. The largest absolute Gasteiger partial charge is 0.496 e. The van der Waals surface area contributed by atoms with Crippen LogP contribution in [-0.2, 0) is 12.8 Å². The maximum atomic E-state index is 5.46. The molecule has 0 saturated carbocycles. The molecule has 2 aromatic carbocycles. The summed E-state index contributed by atoms with van der Waals surface area (Å²) in [5, 5.41) is 0. The fourth-order valence-corrected chi connectivity index (χ4v) is 3.02. The summed E-state index contributed by atoms with van der Waals surface area (Å²) in [6, 6.07) is 17.0. The van der Waals surface area contributed by atoms with E-state index < -0.39 is 0 Å². The second-order valence-electron chi connectivity index (χ2n) is 5.56. The lowest BCUT2D eigenvalue weighted by Crippen LogP contribution is -2.15. The Bertz CT molecular complexity index is 646. The van der Waals surface area contributed by atoms with Crippen LogP contribution >= 0.6 is 0 Å².